The van der Waals surface area contributed by atoms with Crippen molar-refractivity contribution in [1.29, 1.82) is 0 Å². The Hall–Kier alpha value is -0.870. The van der Waals surface area contributed by atoms with Crippen molar-refractivity contribution in [1.82, 2.24) is 9.78 Å². The number of aryl methyl sites for hydroxylation is 1. The Labute approximate surface area is 91.4 Å². The molecular weight excluding hydrogens is 190 g/mol. The van der Waals surface area contributed by atoms with Gasteiger partial charge in [-0.05, 0) is 18.9 Å². The first-order valence-electron chi connectivity index (χ1n) is 5.64. The number of hydrogen-bond acceptors (Lipinski definition) is 3. The van der Waals surface area contributed by atoms with Crippen molar-refractivity contribution in [3.05, 3.63) is 18.0 Å². The topological polar surface area (TPSA) is 53.1 Å². The molecule has 1 aromatic heterocycles. The smallest absolute Gasteiger partial charge is 0.0704 e. The molecule has 0 fully saturated rings. The standard InChI is InChI=1S/C11H21N3O/c1-3-7-14-11(5-6-13-14)10(12)9-15-8-4-2/h5-6,10H,3-4,7-9,12H2,1-2H3. The number of hydrogen-bond donors (Lipinski definition) is 1. The predicted octanol–water partition coefficient (Wildman–Crippen LogP) is 1.72. The van der Waals surface area contributed by atoms with E-state index in [1.54, 1.807) is 6.20 Å². The van der Waals surface area contributed by atoms with Gasteiger partial charge in [0.15, 0.2) is 0 Å². The van der Waals surface area contributed by atoms with Crippen LogP contribution in [0.25, 0.3) is 0 Å². The molecule has 0 amide bonds. The summed E-state index contributed by atoms with van der Waals surface area (Å²) in [5, 5.41) is 4.24. The van der Waals surface area contributed by atoms with Crippen LogP contribution in [0.1, 0.15) is 38.4 Å². The molecule has 0 radical (unpaired) electrons. The molecule has 0 aliphatic carbocycles. The predicted molar refractivity (Wildman–Crippen MR) is 60.6 cm³/mol. The van der Waals surface area contributed by atoms with E-state index in [2.05, 4.69) is 18.9 Å². The highest BCUT2D eigenvalue weighted by molar-refractivity contribution is 5.06. The fourth-order valence-corrected chi connectivity index (χ4v) is 1.50. The first kappa shape index (κ1) is 12.2. The first-order valence-corrected chi connectivity index (χ1v) is 5.64. The van der Waals surface area contributed by atoms with Gasteiger partial charge < -0.3 is 10.5 Å². The van der Waals surface area contributed by atoms with Crippen LogP contribution in [0.4, 0.5) is 0 Å². The number of nitrogens with zero attached hydrogens (tertiary/aromatic N) is 2. The van der Waals surface area contributed by atoms with Gasteiger partial charge >= 0.3 is 0 Å². The van der Waals surface area contributed by atoms with Crippen LogP contribution in [0.2, 0.25) is 0 Å². The molecule has 0 aliphatic heterocycles. The molecule has 1 heterocycles. The third kappa shape index (κ3) is 3.64. The van der Waals surface area contributed by atoms with Crippen molar-refractivity contribution in [2.24, 2.45) is 5.73 Å². The molecule has 15 heavy (non-hydrogen) atoms. The monoisotopic (exact) mass is 211 g/mol. The van der Waals surface area contributed by atoms with Crippen molar-refractivity contribution in [3.63, 3.8) is 0 Å². The van der Waals surface area contributed by atoms with E-state index in [0.29, 0.717) is 6.61 Å². The van der Waals surface area contributed by atoms with E-state index < -0.39 is 0 Å². The van der Waals surface area contributed by atoms with Crippen LogP contribution in [-0.4, -0.2) is 23.0 Å². The second-order valence-electron chi connectivity index (χ2n) is 3.66. The lowest BCUT2D eigenvalue weighted by atomic mass is 10.2. The number of ether oxygens (including phenoxy) is 1. The Bertz CT molecular complexity index is 273. The highest BCUT2D eigenvalue weighted by atomic mass is 16.5. The van der Waals surface area contributed by atoms with Gasteiger partial charge in [-0.15, -0.1) is 0 Å². The van der Waals surface area contributed by atoms with E-state index in [1.807, 2.05) is 10.7 Å². The molecule has 1 unspecified atom stereocenters. The maximum atomic E-state index is 6.03. The van der Waals surface area contributed by atoms with Gasteiger partial charge in [-0.25, -0.2) is 0 Å². The van der Waals surface area contributed by atoms with E-state index >= 15 is 0 Å². The molecular formula is C11H21N3O. The minimum atomic E-state index is -0.0643. The number of nitrogens with two attached hydrogens (primary N) is 1. The average molecular weight is 211 g/mol. The normalized spacial score (nSPS) is 13.0. The second kappa shape index (κ2) is 6.58. The number of aromatic nitrogens is 2. The zero-order chi connectivity index (χ0) is 11.1. The fraction of sp³-hybridized carbons (Fsp3) is 0.727. The molecule has 0 aliphatic rings. The largest absolute Gasteiger partial charge is 0.379 e. The third-order valence-corrected chi connectivity index (χ3v) is 2.21. The van der Waals surface area contributed by atoms with E-state index in [1.165, 1.54) is 0 Å². The van der Waals surface area contributed by atoms with Gasteiger partial charge in [0.05, 0.1) is 18.3 Å². The van der Waals surface area contributed by atoms with Crippen LogP contribution in [0, 0.1) is 0 Å². The summed E-state index contributed by atoms with van der Waals surface area (Å²) in [6.07, 6.45) is 3.89. The van der Waals surface area contributed by atoms with Gasteiger partial charge in [0.1, 0.15) is 0 Å². The van der Waals surface area contributed by atoms with Crippen molar-refractivity contribution in [2.45, 2.75) is 39.3 Å². The van der Waals surface area contributed by atoms with Crippen molar-refractivity contribution in [3.8, 4) is 0 Å². The van der Waals surface area contributed by atoms with E-state index in [-0.39, 0.29) is 6.04 Å². The summed E-state index contributed by atoms with van der Waals surface area (Å²) >= 11 is 0. The molecule has 0 aromatic carbocycles. The van der Waals surface area contributed by atoms with E-state index in [9.17, 15) is 0 Å². The lowest BCUT2D eigenvalue weighted by Crippen LogP contribution is -2.21. The molecule has 1 rings (SSSR count). The summed E-state index contributed by atoms with van der Waals surface area (Å²) in [4.78, 5) is 0. The van der Waals surface area contributed by atoms with Crippen molar-refractivity contribution < 1.29 is 4.74 Å². The maximum absolute atomic E-state index is 6.03. The minimum absolute atomic E-state index is 0.0643. The van der Waals surface area contributed by atoms with Crippen LogP contribution in [0.3, 0.4) is 0 Å². The Kier molecular flexibility index (Phi) is 5.36. The van der Waals surface area contributed by atoms with Gasteiger partial charge in [0.25, 0.3) is 0 Å². The van der Waals surface area contributed by atoms with Crippen LogP contribution in [-0.2, 0) is 11.3 Å². The van der Waals surface area contributed by atoms with Gasteiger partial charge in [-0.1, -0.05) is 13.8 Å². The average Bonchev–Trinajstić information content (AvgIpc) is 2.67. The molecule has 1 atom stereocenters. The molecule has 2 N–H and O–H groups in total. The summed E-state index contributed by atoms with van der Waals surface area (Å²) in [7, 11) is 0. The zero-order valence-electron chi connectivity index (χ0n) is 9.65. The Morgan fingerprint density at radius 2 is 2.27 bits per heavy atom. The Morgan fingerprint density at radius 3 is 2.93 bits per heavy atom. The van der Waals surface area contributed by atoms with E-state index in [0.717, 1.165) is 31.7 Å². The molecule has 1 aromatic rings. The molecule has 0 spiro atoms. The minimum Gasteiger partial charge on any atom is -0.379 e. The quantitative estimate of drug-likeness (QED) is 0.699. The lowest BCUT2D eigenvalue weighted by molar-refractivity contribution is 0.119. The summed E-state index contributed by atoms with van der Waals surface area (Å²) in [6.45, 7) is 6.49. The Balaban J connectivity index is 2.48. The van der Waals surface area contributed by atoms with Gasteiger partial charge in [-0.2, -0.15) is 5.10 Å². The molecule has 86 valence electrons. The third-order valence-electron chi connectivity index (χ3n) is 2.21. The van der Waals surface area contributed by atoms with Crippen LogP contribution in [0.15, 0.2) is 12.3 Å². The summed E-state index contributed by atoms with van der Waals surface area (Å²) < 4.78 is 7.39. The number of rotatable bonds is 7. The highest BCUT2D eigenvalue weighted by Crippen LogP contribution is 2.10. The van der Waals surface area contributed by atoms with Gasteiger partial charge in [0.2, 0.25) is 0 Å². The van der Waals surface area contributed by atoms with Crippen LogP contribution < -0.4 is 5.73 Å². The summed E-state index contributed by atoms with van der Waals surface area (Å²) in [5.41, 5.74) is 7.09. The zero-order valence-corrected chi connectivity index (χ0v) is 9.65. The molecule has 0 bridgehead atoms. The maximum Gasteiger partial charge on any atom is 0.0704 e. The first-order chi connectivity index (χ1) is 7.29. The van der Waals surface area contributed by atoms with Crippen molar-refractivity contribution >= 4 is 0 Å². The SMILES string of the molecule is CCCOCC(N)c1ccnn1CCC. The summed E-state index contributed by atoms with van der Waals surface area (Å²) in [6, 6.07) is 1.90. The summed E-state index contributed by atoms with van der Waals surface area (Å²) in [5.74, 6) is 0. The van der Waals surface area contributed by atoms with Crippen molar-refractivity contribution in [2.75, 3.05) is 13.2 Å². The fourth-order valence-electron chi connectivity index (χ4n) is 1.50. The highest BCUT2D eigenvalue weighted by Gasteiger charge is 2.10. The lowest BCUT2D eigenvalue weighted by Gasteiger charge is -2.13. The molecule has 0 saturated carbocycles. The van der Waals surface area contributed by atoms with Crippen LogP contribution >= 0.6 is 0 Å². The molecule has 0 saturated heterocycles. The van der Waals surface area contributed by atoms with Gasteiger partial charge in [-0.3, -0.25) is 4.68 Å². The van der Waals surface area contributed by atoms with Crippen LogP contribution in [0.5, 0.6) is 0 Å². The second-order valence-corrected chi connectivity index (χ2v) is 3.66. The molecule has 4 nitrogen and oxygen atoms in total. The molecule has 4 heteroatoms. The van der Waals surface area contributed by atoms with Gasteiger partial charge in [0, 0.05) is 19.3 Å². The Morgan fingerprint density at radius 1 is 1.47 bits per heavy atom. The van der Waals surface area contributed by atoms with E-state index in [4.69, 9.17) is 10.5 Å².